The van der Waals surface area contributed by atoms with Crippen LogP contribution >= 0.6 is 0 Å². The Labute approximate surface area is 155 Å². The molecule has 2 aromatic heterocycles. The second-order valence-electron chi connectivity index (χ2n) is 6.19. The van der Waals surface area contributed by atoms with Crippen molar-refractivity contribution in [2.75, 3.05) is 5.32 Å². The molecule has 1 atom stereocenters. The van der Waals surface area contributed by atoms with Crippen molar-refractivity contribution in [1.82, 2.24) is 19.7 Å². The van der Waals surface area contributed by atoms with Gasteiger partial charge in [-0.3, -0.25) is 4.98 Å². The number of carbonyl (C=O) groups is 1. The minimum atomic E-state index is -1.12. The second-order valence-corrected chi connectivity index (χ2v) is 6.19. The van der Waals surface area contributed by atoms with Gasteiger partial charge >= 0.3 is 6.09 Å². The van der Waals surface area contributed by atoms with E-state index in [4.69, 9.17) is 5.11 Å². The Kier molecular flexibility index (Phi) is 4.25. The zero-order chi connectivity index (χ0) is 18.8. The van der Waals surface area contributed by atoms with E-state index in [2.05, 4.69) is 39.4 Å². The van der Waals surface area contributed by atoms with Crippen LogP contribution in [0.3, 0.4) is 0 Å². The van der Waals surface area contributed by atoms with Crippen LogP contribution in [0.4, 0.5) is 10.6 Å². The topological polar surface area (TPSA) is 92.9 Å². The van der Waals surface area contributed by atoms with Crippen molar-refractivity contribution < 1.29 is 9.90 Å². The number of hydrogen-bond acceptors (Lipinski definition) is 5. The van der Waals surface area contributed by atoms with E-state index >= 15 is 0 Å². The van der Waals surface area contributed by atoms with Gasteiger partial charge in [0.1, 0.15) is 5.82 Å². The Morgan fingerprint density at radius 3 is 2.63 bits per heavy atom. The zero-order valence-corrected chi connectivity index (χ0v) is 14.6. The fraction of sp³-hybridized carbons (Fsp3) is 0.100. The monoisotopic (exact) mass is 359 g/mol. The first kappa shape index (κ1) is 16.7. The summed E-state index contributed by atoms with van der Waals surface area (Å²) in [5, 5.41) is 16.2. The summed E-state index contributed by atoms with van der Waals surface area (Å²) in [4.78, 5) is 20.1. The van der Waals surface area contributed by atoms with Crippen LogP contribution in [0.2, 0.25) is 0 Å². The smallest absolute Gasteiger partial charge is 0.432 e. The summed E-state index contributed by atoms with van der Waals surface area (Å²) >= 11 is 0. The molecule has 0 saturated carbocycles. The first-order valence-electron chi connectivity index (χ1n) is 8.47. The maximum atomic E-state index is 11.0. The quantitative estimate of drug-likeness (QED) is 0.567. The number of carboxylic acid groups (broad SMARTS) is 1. The van der Waals surface area contributed by atoms with E-state index in [-0.39, 0.29) is 6.04 Å². The fourth-order valence-corrected chi connectivity index (χ4v) is 2.88. The van der Waals surface area contributed by atoms with Crippen LogP contribution in [0.5, 0.6) is 0 Å². The van der Waals surface area contributed by atoms with E-state index in [0.29, 0.717) is 11.4 Å². The number of hydrogen-bond donors (Lipinski definition) is 2. The summed E-state index contributed by atoms with van der Waals surface area (Å²) in [6.45, 7) is 2.07. The predicted molar refractivity (Wildman–Crippen MR) is 103 cm³/mol. The van der Waals surface area contributed by atoms with Crippen molar-refractivity contribution in [2.45, 2.75) is 13.0 Å². The normalized spacial score (nSPS) is 12.0. The maximum absolute atomic E-state index is 11.0. The van der Waals surface area contributed by atoms with Crippen LogP contribution in [0.1, 0.15) is 18.5 Å². The molecule has 2 N–H and O–H groups in total. The van der Waals surface area contributed by atoms with Crippen molar-refractivity contribution in [2.24, 2.45) is 0 Å². The standard InChI is InChI=1S/C20H17N5O2/c1-13(14-5-3-2-4-6-14)23-19-11-21-18-9-15(7-8-17(18)24-19)16-10-22-25(12-16)20(26)27/h2-13H,1H3,(H,23,24)(H,26,27)/t13-/m1/s1. The molecule has 0 radical (unpaired) electrons. The number of rotatable bonds is 4. The molecule has 134 valence electrons. The van der Waals surface area contributed by atoms with Crippen molar-refractivity contribution in [3.63, 3.8) is 0 Å². The lowest BCUT2D eigenvalue weighted by molar-refractivity contribution is 0.192. The maximum Gasteiger partial charge on any atom is 0.432 e. The highest BCUT2D eigenvalue weighted by Crippen LogP contribution is 2.24. The number of fused-ring (bicyclic) bond motifs is 1. The SMILES string of the molecule is C[C@@H](Nc1cnc2cc(-c3cnn(C(=O)O)c3)ccc2n1)c1ccccc1. The molecule has 0 aliphatic heterocycles. The predicted octanol–water partition coefficient (Wildman–Crippen LogP) is 4.19. The highest BCUT2D eigenvalue weighted by molar-refractivity contribution is 5.82. The van der Waals surface area contributed by atoms with Crippen molar-refractivity contribution >= 4 is 22.9 Å². The van der Waals surface area contributed by atoms with Gasteiger partial charge in [0.15, 0.2) is 0 Å². The molecule has 0 aliphatic rings. The third kappa shape index (κ3) is 3.48. The minimum absolute atomic E-state index is 0.110. The molecule has 4 aromatic rings. The highest BCUT2D eigenvalue weighted by Gasteiger charge is 2.09. The van der Waals surface area contributed by atoms with Gasteiger partial charge < -0.3 is 10.4 Å². The largest absolute Gasteiger partial charge is 0.463 e. The molecular formula is C20H17N5O2. The zero-order valence-electron chi connectivity index (χ0n) is 14.6. The fourth-order valence-electron chi connectivity index (χ4n) is 2.88. The lowest BCUT2D eigenvalue weighted by atomic mass is 10.1. The van der Waals surface area contributed by atoms with E-state index in [1.807, 2.05) is 36.4 Å². The molecule has 0 spiro atoms. The van der Waals surface area contributed by atoms with Gasteiger partial charge in [0.25, 0.3) is 0 Å². The van der Waals surface area contributed by atoms with E-state index in [1.165, 1.54) is 18.0 Å². The first-order valence-corrected chi connectivity index (χ1v) is 8.47. The molecule has 2 heterocycles. The third-order valence-corrected chi connectivity index (χ3v) is 4.32. The summed E-state index contributed by atoms with van der Waals surface area (Å²) in [5.41, 5.74) is 4.21. The summed E-state index contributed by atoms with van der Waals surface area (Å²) in [7, 11) is 0. The number of benzene rings is 2. The molecule has 0 saturated heterocycles. The van der Waals surface area contributed by atoms with Crippen LogP contribution < -0.4 is 5.32 Å². The van der Waals surface area contributed by atoms with Gasteiger partial charge in [-0.25, -0.2) is 9.78 Å². The van der Waals surface area contributed by atoms with Gasteiger partial charge in [0, 0.05) is 17.8 Å². The molecule has 0 unspecified atom stereocenters. The average Bonchev–Trinajstić information content (AvgIpc) is 3.19. The number of anilines is 1. The molecular weight excluding hydrogens is 342 g/mol. The van der Waals surface area contributed by atoms with Gasteiger partial charge in [-0.2, -0.15) is 9.78 Å². The first-order chi connectivity index (χ1) is 13.1. The number of aromatic nitrogens is 4. The summed E-state index contributed by atoms with van der Waals surface area (Å²) in [5.74, 6) is 0.699. The Balaban J connectivity index is 1.59. The molecule has 0 aliphatic carbocycles. The summed E-state index contributed by atoms with van der Waals surface area (Å²) in [6, 6.07) is 15.9. The Bertz CT molecular complexity index is 1110. The molecule has 2 aromatic carbocycles. The van der Waals surface area contributed by atoms with Gasteiger partial charge in [0.2, 0.25) is 0 Å². The molecule has 7 nitrogen and oxygen atoms in total. The summed E-state index contributed by atoms with van der Waals surface area (Å²) in [6.07, 6.45) is 3.56. The van der Waals surface area contributed by atoms with E-state index in [9.17, 15) is 4.79 Å². The van der Waals surface area contributed by atoms with Crippen molar-refractivity contribution in [1.29, 1.82) is 0 Å². The Morgan fingerprint density at radius 2 is 1.89 bits per heavy atom. The Hall–Kier alpha value is -3.74. The summed E-state index contributed by atoms with van der Waals surface area (Å²) < 4.78 is 0.878. The third-order valence-electron chi connectivity index (χ3n) is 4.32. The van der Waals surface area contributed by atoms with Crippen LogP contribution in [-0.4, -0.2) is 30.9 Å². The number of nitrogens with zero attached hydrogens (tertiary/aromatic N) is 4. The van der Waals surface area contributed by atoms with E-state index in [0.717, 1.165) is 21.3 Å². The molecule has 0 fully saturated rings. The van der Waals surface area contributed by atoms with Crippen LogP contribution in [0.15, 0.2) is 67.1 Å². The van der Waals surface area contributed by atoms with Crippen LogP contribution in [0, 0.1) is 0 Å². The van der Waals surface area contributed by atoms with Crippen molar-refractivity contribution in [3.8, 4) is 11.1 Å². The van der Waals surface area contributed by atoms with E-state index in [1.54, 1.807) is 6.20 Å². The number of nitrogens with one attached hydrogen (secondary N) is 1. The van der Waals surface area contributed by atoms with E-state index < -0.39 is 6.09 Å². The lowest BCUT2D eigenvalue weighted by Gasteiger charge is -2.15. The van der Waals surface area contributed by atoms with Gasteiger partial charge in [0.05, 0.1) is 23.4 Å². The molecule has 0 amide bonds. The minimum Gasteiger partial charge on any atom is -0.463 e. The van der Waals surface area contributed by atoms with Crippen molar-refractivity contribution in [3.05, 3.63) is 72.7 Å². The second kappa shape index (κ2) is 6.87. The molecule has 7 heteroatoms. The van der Waals surface area contributed by atoms with Gasteiger partial charge in [-0.05, 0) is 30.2 Å². The average molecular weight is 359 g/mol. The van der Waals surface area contributed by atoms with Gasteiger partial charge in [-0.1, -0.05) is 36.4 Å². The Morgan fingerprint density at radius 1 is 1.07 bits per heavy atom. The van der Waals surface area contributed by atoms with Gasteiger partial charge in [-0.15, -0.1) is 0 Å². The highest BCUT2D eigenvalue weighted by atomic mass is 16.4. The molecule has 27 heavy (non-hydrogen) atoms. The van der Waals surface area contributed by atoms with Crippen LogP contribution in [0.25, 0.3) is 22.2 Å². The molecule has 0 bridgehead atoms. The molecule has 4 rings (SSSR count). The van der Waals surface area contributed by atoms with Crippen LogP contribution in [-0.2, 0) is 0 Å². The lowest BCUT2D eigenvalue weighted by Crippen LogP contribution is -2.08.